The Morgan fingerprint density at radius 3 is 2.41 bits per heavy atom. The van der Waals surface area contributed by atoms with Crippen LogP contribution in [0.2, 0.25) is 0 Å². The summed E-state index contributed by atoms with van der Waals surface area (Å²) in [4.78, 5) is 13.3. The molecule has 0 bridgehead atoms. The molecular formula is C19H21FN6O. The first-order valence-corrected chi connectivity index (χ1v) is 8.89. The fourth-order valence-electron chi connectivity index (χ4n) is 3.17. The van der Waals surface area contributed by atoms with E-state index in [9.17, 15) is 4.39 Å². The molecule has 0 atom stereocenters. The number of hydrogen-bond acceptors (Lipinski definition) is 7. The molecule has 1 aliphatic heterocycles. The highest BCUT2D eigenvalue weighted by atomic mass is 19.1. The first-order chi connectivity index (χ1) is 13.1. The van der Waals surface area contributed by atoms with E-state index < -0.39 is 0 Å². The minimum atomic E-state index is -0.188. The van der Waals surface area contributed by atoms with Crippen LogP contribution in [0.1, 0.15) is 11.5 Å². The third-order valence-corrected chi connectivity index (χ3v) is 4.48. The highest BCUT2D eigenvalue weighted by Gasteiger charge is 2.21. The monoisotopic (exact) mass is 368 g/mol. The van der Waals surface area contributed by atoms with Crippen LogP contribution < -0.4 is 15.1 Å². The van der Waals surface area contributed by atoms with Crippen LogP contribution in [0.5, 0.6) is 0 Å². The van der Waals surface area contributed by atoms with Gasteiger partial charge in [0.15, 0.2) is 5.82 Å². The van der Waals surface area contributed by atoms with E-state index in [4.69, 9.17) is 4.52 Å². The number of para-hydroxylation sites is 1. The van der Waals surface area contributed by atoms with Gasteiger partial charge in [-0.1, -0.05) is 17.3 Å². The van der Waals surface area contributed by atoms with Crippen LogP contribution in [0.4, 0.5) is 27.7 Å². The SMILES string of the molecule is Cc1cc(Nc2cc(C)on2)nc(N2CCN(c3ccccc3F)CC2)n1. The van der Waals surface area contributed by atoms with E-state index in [0.717, 1.165) is 24.5 Å². The Labute approximate surface area is 156 Å². The minimum Gasteiger partial charge on any atom is -0.366 e. The molecule has 140 valence electrons. The van der Waals surface area contributed by atoms with Crippen molar-refractivity contribution in [3.05, 3.63) is 53.7 Å². The summed E-state index contributed by atoms with van der Waals surface area (Å²) in [6.07, 6.45) is 0. The third-order valence-electron chi connectivity index (χ3n) is 4.48. The number of rotatable bonds is 4. The van der Waals surface area contributed by atoms with Gasteiger partial charge in [-0.3, -0.25) is 0 Å². The maximum Gasteiger partial charge on any atom is 0.227 e. The van der Waals surface area contributed by atoms with E-state index in [2.05, 4.69) is 30.2 Å². The molecule has 7 nitrogen and oxygen atoms in total. The average Bonchev–Trinajstić information content (AvgIpc) is 3.06. The van der Waals surface area contributed by atoms with Gasteiger partial charge in [0.2, 0.25) is 5.95 Å². The largest absolute Gasteiger partial charge is 0.366 e. The lowest BCUT2D eigenvalue weighted by Crippen LogP contribution is -2.47. The van der Waals surface area contributed by atoms with E-state index in [1.54, 1.807) is 6.07 Å². The van der Waals surface area contributed by atoms with Crippen LogP contribution in [0.3, 0.4) is 0 Å². The molecule has 1 saturated heterocycles. The van der Waals surface area contributed by atoms with Gasteiger partial charge in [0.1, 0.15) is 17.4 Å². The van der Waals surface area contributed by atoms with Crippen molar-refractivity contribution in [2.24, 2.45) is 0 Å². The summed E-state index contributed by atoms with van der Waals surface area (Å²) in [5, 5.41) is 7.08. The molecule has 3 aromatic rings. The van der Waals surface area contributed by atoms with Crippen LogP contribution in [0, 0.1) is 19.7 Å². The van der Waals surface area contributed by atoms with E-state index in [0.29, 0.717) is 36.4 Å². The van der Waals surface area contributed by atoms with Crippen molar-refractivity contribution in [2.75, 3.05) is 41.3 Å². The molecule has 2 aromatic heterocycles. The lowest BCUT2D eigenvalue weighted by Gasteiger charge is -2.36. The smallest absolute Gasteiger partial charge is 0.227 e. The molecule has 0 unspecified atom stereocenters. The van der Waals surface area contributed by atoms with Gasteiger partial charge in [0.05, 0.1) is 5.69 Å². The predicted octanol–water partition coefficient (Wildman–Crippen LogP) is 3.29. The van der Waals surface area contributed by atoms with Gasteiger partial charge in [0, 0.05) is 44.0 Å². The summed E-state index contributed by atoms with van der Waals surface area (Å²) < 4.78 is 19.1. The Balaban J connectivity index is 1.47. The molecule has 0 radical (unpaired) electrons. The van der Waals surface area contributed by atoms with Crippen LogP contribution in [-0.4, -0.2) is 41.3 Å². The number of anilines is 4. The number of nitrogens with one attached hydrogen (secondary N) is 1. The molecule has 1 N–H and O–H groups in total. The van der Waals surface area contributed by atoms with Crippen molar-refractivity contribution in [1.82, 2.24) is 15.1 Å². The summed E-state index contributed by atoms with van der Waals surface area (Å²) in [5.74, 6) is 2.48. The zero-order chi connectivity index (χ0) is 18.8. The molecule has 4 rings (SSSR count). The van der Waals surface area contributed by atoms with Gasteiger partial charge in [-0.2, -0.15) is 4.98 Å². The maximum atomic E-state index is 14.0. The number of halogens is 1. The molecular weight excluding hydrogens is 347 g/mol. The van der Waals surface area contributed by atoms with Gasteiger partial charge in [0.25, 0.3) is 0 Å². The Morgan fingerprint density at radius 2 is 1.70 bits per heavy atom. The maximum absolute atomic E-state index is 14.0. The fraction of sp³-hybridized carbons (Fsp3) is 0.316. The van der Waals surface area contributed by atoms with Crippen LogP contribution >= 0.6 is 0 Å². The summed E-state index contributed by atoms with van der Waals surface area (Å²) in [6, 6.07) is 10.6. The lowest BCUT2D eigenvalue weighted by molar-refractivity contribution is 0.400. The minimum absolute atomic E-state index is 0.188. The first-order valence-electron chi connectivity index (χ1n) is 8.89. The van der Waals surface area contributed by atoms with E-state index >= 15 is 0 Å². The van der Waals surface area contributed by atoms with Crippen LogP contribution in [0.25, 0.3) is 0 Å². The van der Waals surface area contributed by atoms with Gasteiger partial charge >= 0.3 is 0 Å². The molecule has 0 saturated carbocycles. The first kappa shape index (κ1) is 17.3. The van der Waals surface area contributed by atoms with Crippen molar-refractivity contribution < 1.29 is 8.91 Å². The molecule has 0 spiro atoms. The van der Waals surface area contributed by atoms with E-state index in [-0.39, 0.29) is 5.82 Å². The number of benzene rings is 1. The molecule has 0 aliphatic carbocycles. The van der Waals surface area contributed by atoms with Gasteiger partial charge in [-0.05, 0) is 26.0 Å². The van der Waals surface area contributed by atoms with Gasteiger partial charge < -0.3 is 19.6 Å². The summed E-state index contributed by atoms with van der Waals surface area (Å²) in [7, 11) is 0. The number of aryl methyl sites for hydroxylation is 2. The highest BCUT2D eigenvalue weighted by Crippen LogP contribution is 2.23. The van der Waals surface area contributed by atoms with E-state index in [1.165, 1.54) is 6.07 Å². The average molecular weight is 368 g/mol. The molecule has 27 heavy (non-hydrogen) atoms. The summed E-state index contributed by atoms with van der Waals surface area (Å²) in [6.45, 7) is 6.64. The van der Waals surface area contributed by atoms with Gasteiger partial charge in [-0.25, -0.2) is 9.37 Å². The van der Waals surface area contributed by atoms with Crippen molar-refractivity contribution in [1.29, 1.82) is 0 Å². The molecule has 8 heteroatoms. The molecule has 0 amide bonds. The zero-order valence-electron chi connectivity index (χ0n) is 15.3. The zero-order valence-corrected chi connectivity index (χ0v) is 15.3. The molecule has 1 fully saturated rings. The number of hydrogen-bond donors (Lipinski definition) is 1. The Bertz CT molecular complexity index is 935. The van der Waals surface area contributed by atoms with Crippen LogP contribution in [0.15, 0.2) is 40.9 Å². The summed E-state index contributed by atoms with van der Waals surface area (Å²) in [5.41, 5.74) is 1.50. The quantitative estimate of drug-likeness (QED) is 0.758. The fourth-order valence-corrected chi connectivity index (χ4v) is 3.17. The normalized spacial score (nSPS) is 14.5. The second-order valence-electron chi connectivity index (χ2n) is 6.57. The van der Waals surface area contributed by atoms with Gasteiger partial charge in [-0.15, -0.1) is 0 Å². The molecule has 3 heterocycles. The Morgan fingerprint density at radius 1 is 0.963 bits per heavy atom. The lowest BCUT2D eigenvalue weighted by atomic mass is 10.2. The number of piperazine rings is 1. The summed E-state index contributed by atoms with van der Waals surface area (Å²) >= 11 is 0. The van der Waals surface area contributed by atoms with Crippen molar-refractivity contribution >= 4 is 23.3 Å². The highest BCUT2D eigenvalue weighted by molar-refractivity contribution is 5.55. The Hall–Kier alpha value is -3.16. The van der Waals surface area contributed by atoms with E-state index in [1.807, 2.05) is 38.1 Å². The molecule has 1 aromatic carbocycles. The number of aromatic nitrogens is 3. The standard InChI is InChI=1S/C19H21FN6O/c1-13-11-17(22-18-12-14(2)27-24-18)23-19(21-13)26-9-7-25(8-10-26)16-6-4-3-5-15(16)20/h3-6,11-12H,7-10H2,1-2H3,(H,21,22,23,24). The third kappa shape index (κ3) is 3.84. The second-order valence-corrected chi connectivity index (χ2v) is 6.57. The molecule has 1 aliphatic rings. The predicted molar refractivity (Wildman–Crippen MR) is 102 cm³/mol. The van der Waals surface area contributed by atoms with Crippen molar-refractivity contribution in [3.63, 3.8) is 0 Å². The number of nitrogens with zero attached hydrogens (tertiary/aromatic N) is 5. The van der Waals surface area contributed by atoms with Crippen molar-refractivity contribution in [3.8, 4) is 0 Å². The van der Waals surface area contributed by atoms with Crippen molar-refractivity contribution in [2.45, 2.75) is 13.8 Å². The Kier molecular flexibility index (Phi) is 4.62. The second kappa shape index (κ2) is 7.22. The topological polar surface area (TPSA) is 70.3 Å². The van der Waals surface area contributed by atoms with Crippen LogP contribution in [-0.2, 0) is 0 Å².